The van der Waals surface area contributed by atoms with Crippen molar-refractivity contribution in [3.8, 4) is 0 Å². The molecular formula is C17H30N2. The van der Waals surface area contributed by atoms with Gasteiger partial charge in [-0.1, -0.05) is 45.0 Å². The van der Waals surface area contributed by atoms with E-state index < -0.39 is 0 Å². The number of likely N-dealkylation sites (N-methyl/N-ethyl adjacent to an activating group) is 1. The molecule has 0 fully saturated rings. The number of hydrogen-bond acceptors (Lipinski definition) is 2. The van der Waals surface area contributed by atoms with Gasteiger partial charge in [-0.05, 0) is 50.4 Å². The van der Waals surface area contributed by atoms with Gasteiger partial charge in [0.05, 0.1) is 0 Å². The van der Waals surface area contributed by atoms with Crippen LogP contribution >= 0.6 is 0 Å². The van der Waals surface area contributed by atoms with E-state index >= 15 is 0 Å². The molecule has 0 saturated carbocycles. The van der Waals surface area contributed by atoms with E-state index in [0.717, 1.165) is 19.5 Å². The lowest BCUT2D eigenvalue weighted by Crippen LogP contribution is -2.47. The molecule has 2 nitrogen and oxygen atoms in total. The predicted molar refractivity (Wildman–Crippen MR) is 84.9 cm³/mol. The monoisotopic (exact) mass is 262 g/mol. The lowest BCUT2D eigenvalue weighted by atomic mass is 9.86. The zero-order valence-electron chi connectivity index (χ0n) is 13.4. The Hall–Kier alpha value is -0.860. The highest BCUT2D eigenvalue weighted by molar-refractivity contribution is 5.27. The van der Waals surface area contributed by atoms with Gasteiger partial charge < -0.3 is 10.6 Å². The first-order chi connectivity index (χ1) is 8.74. The van der Waals surface area contributed by atoms with E-state index in [1.807, 2.05) is 7.05 Å². The van der Waals surface area contributed by atoms with Crippen LogP contribution in [0, 0.1) is 0 Å². The molecule has 0 aromatic heterocycles. The summed E-state index contributed by atoms with van der Waals surface area (Å²) in [5.41, 5.74) is 3.20. The van der Waals surface area contributed by atoms with Gasteiger partial charge in [0, 0.05) is 12.1 Å². The van der Waals surface area contributed by atoms with Crippen molar-refractivity contribution in [2.75, 3.05) is 20.1 Å². The van der Waals surface area contributed by atoms with Gasteiger partial charge >= 0.3 is 0 Å². The summed E-state index contributed by atoms with van der Waals surface area (Å²) in [6.07, 6.45) is 1.08. The van der Waals surface area contributed by atoms with Crippen molar-refractivity contribution in [2.24, 2.45) is 0 Å². The van der Waals surface area contributed by atoms with Crippen molar-refractivity contribution in [3.05, 3.63) is 35.4 Å². The van der Waals surface area contributed by atoms with Gasteiger partial charge in [-0.25, -0.2) is 0 Å². The highest BCUT2D eigenvalue weighted by Gasteiger charge is 2.15. The molecule has 0 radical (unpaired) electrons. The highest BCUT2D eigenvalue weighted by atomic mass is 15.0. The van der Waals surface area contributed by atoms with Crippen LogP contribution in [0.2, 0.25) is 0 Å². The zero-order valence-corrected chi connectivity index (χ0v) is 13.4. The third-order valence-electron chi connectivity index (χ3n) is 3.46. The van der Waals surface area contributed by atoms with Crippen LogP contribution in [0.5, 0.6) is 0 Å². The molecule has 0 amide bonds. The minimum absolute atomic E-state index is 0.153. The van der Waals surface area contributed by atoms with Gasteiger partial charge in [0.1, 0.15) is 0 Å². The molecule has 1 aromatic carbocycles. The van der Waals surface area contributed by atoms with E-state index in [-0.39, 0.29) is 11.0 Å². The topological polar surface area (TPSA) is 24.1 Å². The Morgan fingerprint density at radius 3 is 2.00 bits per heavy atom. The van der Waals surface area contributed by atoms with Crippen molar-refractivity contribution in [3.63, 3.8) is 0 Å². The largest absolute Gasteiger partial charge is 0.318 e. The lowest BCUT2D eigenvalue weighted by Gasteiger charge is -2.26. The molecule has 2 heteroatoms. The summed E-state index contributed by atoms with van der Waals surface area (Å²) in [7, 11) is 1.99. The predicted octanol–water partition coefficient (Wildman–Crippen LogP) is 3.11. The van der Waals surface area contributed by atoms with Crippen LogP contribution in [0.25, 0.3) is 0 Å². The summed E-state index contributed by atoms with van der Waals surface area (Å²) in [5, 5.41) is 6.81. The van der Waals surface area contributed by atoms with E-state index in [0.29, 0.717) is 0 Å². The molecule has 1 rings (SSSR count). The maximum atomic E-state index is 3.59. The van der Waals surface area contributed by atoms with Gasteiger partial charge in [0.15, 0.2) is 0 Å². The van der Waals surface area contributed by atoms with Gasteiger partial charge in [-0.15, -0.1) is 0 Å². The fourth-order valence-electron chi connectivity index (χ4n) is 2.22. The van der Waals surface area contributed by atoms with Crippen LogP contribution < -0.4 is 10.6 Å². The quantitative estimate of drug-likeness (QED) is 0.823. The number of rotatable bonds is 6. The van der Waals surface area contributed by atoms with E-state index in [4.69, 9.17) is 0 Å². The normalized spacial score (nSPS) is 12.7. The van der Waals surface area contributed by atoms with Gasteiger partial charge in [-0.2, -0.15) is 0 Å². The summed E-state index contributed by atoms with van der Waals surface area (Å²) < 4.78 is 0. The first-order valence-corrected chi connectivity index (χ1v) is 7.24. The summed E-state index contributed by atoms with van der Waals surface area (Å²) in [6.45, 7) is 13.2. The first-order valence-electron chi connectivity index (χ1n) is 7.24. The molecule has 0 heterocycles. The van der Waals surface area contributed by atoms with Crippen LogP contribution in [0.1, 0.15) is 45.7 Å². The number of hydrogen-bond donors (Lipinski definition) is 2. The van der Waals surface area contributed by atoms with Crippen LogP contribution in [0.15, 0.2) is 24.3 Å². The molecule has 1 aromatic rings. The Morgan fingerprint density at radius 1 is 0.947 bits per heavy atom. The van der Waals surface area contributed by atoms with E-state index in [1.54, 1.807) is 0 Å². The van der Waals surface area contributed by atoms with Crippen molar-refractivity contribution >= 4 is 0 Å². The lowest BCUT2D eigenvalue weighted by molar-refractivity contribution is 0.379. The molecule has 0 unspecified atom stereocenters. The molecule has 0 aliphatic heterocycles. The average Bonchev–Trinajstić information content (AvgIpc) is 2.28. The van der Waals surface area contributed by atoms with Crippen molar-refractivity contribution in [2.45, 2.75) is 52.0 Å². The first kappa shape index (κ1) is 16.2. The maximum absolute atomic E-state index is 3.59. The van der Waals surface area contributed by atoms with Gasteiger partial charge in [0.25, 0.3) is 0 Å². The Kier molecular flexibility index (Phi) is 5.57. The van der Waals surface area contributed by atoms with Crippen LogP contribution in [0.4, 0.5) is 0 Å². The second-order valence-electron chi connectivity index (χ2n) is 7.04. The van der Waals surface area contributed by atoms with Crippen LogP contribution in [-0.2, 0) is 11.8 Å². The fraction of sp³-hybridized carbons (Fsp3) is 0.647. The zero-order chi connectivity index (χ0) is 14.5. The molecule has 2 N–H and O–H groups in total. The Bertz CT molecular complexity index is 371. The van der Waals surface area contributed by atoms with Crippen LogP contribution in [-0.4, -0.2) is 25.7 Å². The Morgan fingerprint density at radius 2 is 1.53 bits per heavy atom. The second-order valence-corrected chi connectivity index (χ2v) is 7.04. The highest BCUT2D eigenvalue weighted by Crippen LogP contribution is 2.22. The van der Waals surface area contributed by atoms with Crippen molar-refractivity contribution in [1.82, 2.24) is 10.6 Å². The van der Waals surface area contributed by atoms with E-state index in [2.05, 4.69) is 69.5 Å². The Balaban J connectivity index is 2.47. The SMILES string of the molecule is CNCC(C)(C)NCCc1ccc(C(C)(C)C)cc1. The summed E-state index contributed by atoms with van der Waals surface area (Å²) in [5.74, 6) is 0. The number of benzene rings is 1. The standard InChI is InChI=1S/C17H30N2/c1-16(2,3)15-9-7-14(8-10-15)11-12-19-17(4,5)13-18-6/h7-10,18-19H,11-13H2,1-6H3. The van der Waals surface area contributed by atoms with Gasteiger partial charge in [-0.3, -0.25) is 0 Å². The number of nitrogens with one attached hydrogen (secondary N) is 2. The molecular weight excluding hydrogens is 232 g/mol. The van der Waals surface area contributed by atoms with Crippen molar-refractivity contribution < 1.29 is 0 Å². The molecule has 108 valence electrons. The molecule has 0 aliphatic carbocycles. The van der Waals surface area contributed by atoms with Crippen LogP contribution in [0.3, 0.4) is 0 Å². The summed E-state index contributed by atoms with van der Waals surface area (Å²) >= 11 is 0. The Labute approximate surface area is 119 Å². The molecule has 0 saturated heterocycles. The average molecular weight is 262 g/mol. The molecule has 0 atom stereocenters. The van der Waals surface area contributed by atoms with E-state index in [9.17, 15) is 0 Å². The maximum Gasteiger partial charge on any atom is 0.0249 e. The minimum Gasteiger partial charge on any atom is -0.318 e. The fourth-order valence-corrected chi connectivity index (χ4v) is 2.22. The third kappa shape index (κ3) is 5.75. The summed E-state index contributed by atoms with van der Waals surface area (Å²) in [4.78, 5) is 0. The molecule has 0 spiro atoms. The molecule has 19 heavy (non-hydrogen) atoms. The molecule has 0 aliphatic rings. The smallest absolute Gasteiger partial charge is 0.0249 e. The minimum atomic E-state index is 0.153. The molecule has 0 bridgehead atoms. The van der Waals surface area contributed by atoms with Gasteiger partial charge in [0.2, 0.25) is 0 Å². The third-order valence-corrected chi connectivity index (χ3v) is 3.46. The summed E-state index contributed by atoms with van der Waals surface area (Å²) in [6, 6.07) is 9.03. The van der Waals surface area contributed by atoms with Crippen molar-refractivity contribution in [1.29, 1.82) is 0 Å². The van der Waals surface area contributed by atoms with E-state index in [1.165, 1.54) is 11.1 Å². The second kappa shape index (κ2) is 6.53.